The van der Waals surface area contributed by atoms with E-state index in [0.29, 0.717) is 0 Å². The molecule has 4 rings (SSSR count). The first-order chi connectivity index (χ1) is 7.93. The van der Waals surface area contributed by atoms with Crippen LogP contribution in [0.4, 0.5) is 0 Å². The number of H-pyrrole nitrogens is 1. The molecular formula is C13H12N2S. The largest absolute Gasteiger partial charge is 0.355 e. The molecule has 16 heavy (non-hydrogen) atoms. The third-order valence-corrected chi connectivity index (χ3v) is 4.88. The van der Waals surface area contributed by atoms with E-state index in [0.717, 1.165) is 5.25 Å². The van der Waals surface area contributed by atoms with Crippen LogP contribution in [0.25, 0.3) is 22.6 Å². The number of hydrogen-bond acceptors (Lipinski definition) is 2. The summed E-state index contributed by atoms with van der Waals surface area (Å²) in [7, 11) is 0. The molecular weight excluding hydrogens is 216 g/mol. The van der Waals surface area contributed by atoms with E-state index >= 15 is 0 Å². The van der Waals surface area contributed by atoms with Gasteiger partial charge in [0.2, 0.25) is 0 Å². The van der Waals surface area contributed by atoms with E-state index in [9.17, 15) is 0 Å². The molecule has 1 atom stereocenters. The van der Waals surface area contributed by atoms with E-state index in [2.05, 4.69) is 33.9 Å². The zero-order valence-corrected chi connectivity index (χ0v) is 9.68. The van der Waals surface area contributed by atoms with Gasteiger partial charge in [0, 0.05) is 39.1 Å². The summed E-state index contributed by atoms with van der Waals surface area (Å²) in [5.74, 6) is 1.28. The highest BCUT2D eigenvalue weighted by Gasteiger charge is 2.24. The highest BCUT2D eigenvalue weighted by Crippen LogP contribution is 2.35. The van der Waals surface area contributed by atoms with Gasteiger partial charge >= 0.3 is 0 Å². The number of rotatable bonds is 0. The fourth-order valence-electron chi connectivity index (χ4n) is 2.85. The molecule has 3 heteroatoms. The minimum atomic E-state index is 0.728. The predicted octanol–water partition coefficient (Wildman–Crippen LogP) is 1.40. The van der Waals surface area contributed by atoms with Gasteiger partial charge in [-0.25, -0.2) is 0 Å². The van der Waals surface area contributed by atoms with E-state index in [1.165, 1.54) is 40.1 Å². The topological polar surface area (TPSA) is 28.7 Å². The Balaban J connectivity index is 2.26. The molecule has 1 unspecified atom stereocenters. The second-order valence-corrected chi connectivity index (χ2v) is 5.72. The van der Waals surface area contributed by atoms with Crippen molar-refractivity contribution >= 4 is 34.3 Å². The van der Waals surface area contributed by atoms with Gasteiger partial charge in [-0.3, -0.25) is 4.98 Å². The Hall–Kier alpha value is -1.22. The molecule has 0 radical (unpaired) electrons. The first-order valence-corrected chi connectivity index (χ1v) is 6.75. The molecule has 1 aliphatic heterocycles. The van der Waals surface area contributed by atoms with Crippen LogP contribution < -0.4 is 10.6 Å². The van der Waals surface area contributed by atoms with Crippen LogP contribution in [-0.2, 0) is 0 Å². The first kappa shape index (κ1) is 8.88. The molecule has 0 bridgehead atoms. The van der Waals surface area contributed by atoms with Crippen molar-refractivity contribution in [2.45, 2.75) is 18.1 Å². The zero-order chi connectivity index (χ0) is 10.5. The second-order valence-electron chi connectivity index (χ2n) is 4.41. The summed E-state index contributed by atoms with van der Waals surface area (Å²) in [5.41, 5.74) is 2.86. The van der Waals surface area contributed by atoms with Crippen LogP contribution in [0.15, 0.2) is 18.5 Å². The third kappa shape index (κ3) is 1.07. The number of thioether (sulfide) groups is 1. The minimum Gasteiger partial charge on any atom is -0.355 e. The molecule has 3 heterocycles. The maximum Gasteiger partial charge on any atom is 0.0495 e. The van der Waals surface area contributed by atoms with E-state index < -0.39 is 0 Å². The molecule has 80 valence electrons. The molecule has 1 saturated heterocycles. The summed E-state index contributed by atoms with van der Waals surface area (Å²) in [6, 6.07) is 2.07. The Morgan fingerprint density at radius 3 is 3.44 bits per heavy atom. The minimum absolute atomic E-state index is 0.728. The van der Waals surface area contributed by atoms with Crippen molar-refractivity contribution in [1.29, 1.82) is 0 Å². The summed E-state index contributed by atoms with van der Waals surface area (Å²) < 4.78 is 0. The molecule has 1 fully saturated rings. The van der Waals surface area contributed by atoms with Gasteiger partial charge in [-0.1, -0.05) is 6.08 Å². The van der Waals surface area contributed by atoms with Crippen molar-refractivity contribution in [2.24, 2.45) is 0 Å². The van der Waals surface area contributed by atoms with E-state index in [1.807, 2.05) is 12.4 Å². The monoisotopic (exact) mass is 228 g/mol. The van der Waals surface area contributed by atoms with Crippen LogP contribution in [0.1, 0.15) is 12.8 Å². The van der Waals surface area contributed by atoms with Gasteiger partial charge in [-0.05, 0) is 30.2 Å². The Bertz CT molecular complexity index is 684. The molecule has 1 N–H and O–H groups in total. The van der Waals surface area contributed by atoms with Gasteiger partial charge in [0.05, 0.1) is 0 Å². The van der Waals surface area contributed by atoms with E-state index in [4.69, 9.17) is 0 Å². The third-order valence-electron chi connectivity index (χ3n) is 3.57. The summed E-state index contributed by atoms with van der Waals surface area (Å²) in [5, 5.41) is 4.80. The van der Waals surface area contributed by atoms with Crippen molar-refractivity contribution < 1.29 is 0 Å². The first-order valence-electron chi connectivity index (χ1n) is 5.70. The normalized spacial score (nSPS) is 23.0. The number of hydrogen-bond donors (Lipinski definition) is 1. The molecule has 2 aromatic rings. The fourth-order valence-corrected chi connectivity index (χ4v) is 4.14. The predicted molar refractivity (Wildman–Crippen MR) is 68.7 cm³/mol. The maximum atomic E-state index is 4.25. The second kappa shape index (κ2) is 3.14. The molecule has 0 saturated carbocycles. The smallest absolute Gasteiger partial charge is 0.0495 e. The Labute approximate surface area is 97.5 Å². The fraction of sp³-hybridized carbons (Fsp3) is 0.308. The van der Waals surface area contributed by atoms with Crippen LogP contribution in [0.3, 0.4) is 0 Å². The van der Waals surface area contributed by atoms with Crippen LogP contribution in [0.5, 0.6) is 0 Å². The lowest BCUT2D eigenvalue weighted by molar-refractivity contribution is 1.06. The number of fused-ring (bicyclic) bond motifs is 4. The highest BCUT2D eigenvalue weighted by molar-refractivity contribution is 8.00. The van der Waals surface area contributed by atoms with Crippen molar-refractivity contribution in [3.63, 3.8) is 0 Å². The molecule has 0 aromatic carbocycles. The lowest BCUT2D eigenvalue weighted by atomic mass is 9.99. The average molecular weight is 228 g/mol. The zero-order valence-electron chi connectivity index (χ0n) is 8.86. The number of aromatic nitrogens is 2. The standard InChI is InChI=1S/C13H12N2S/c1-2-12-8(4-6-16-12)13-9-7-14-5-3-10(9)15-11(1)13/h1,3,5,7,12,15H,2,4,6H2. The van der Waals surface area contributed by atoms with E-state index in [1.54, 1.807) is 5.57 Å². The summed E-state index contributed by atoms with van der Waals surface area (Å²) >= 11 is 2.10. The molecule has 2 aromatic heterocycles. The number of pyridine rings is 1. The molecule has 0 amide bonds. The highest BCUT2D eigenvalue weighted by atomic mass is 32.2. The van der Waals surface area contributed by atoms with Crippen molar-refractivity contribution in [2.75, 3.05) is 5.75 Å². The maximum absolute atomic E-state index is 4.25. The Morgan fingerprint density at radius 2 is 2.44 bits per heavy atom. The Morgan fingerprint density at radius 1 is 1.44 bits per heavy atom. The van der Waals surface area contributed by atoms with Crippen LogP contribution in [0, 0.1) is 0 Å². The lowest BCUT2D eigenvalue weighted by Gasteiger charge is -2.11. The summed E-state index contributed by atoms with van der Waals surface area (Å²) in [6.07, 6.45) is 8.64. The average Bonchev–Trinajstić information content (AvgIpc) is 2.91. The van der Waals surface area contributed by atoms with Crippen molar-refractivity contribution in [1.82, 2.24) is 9.97 Å². The van der Waals surface area contributed by atoms with Gasteiger partial charge in [0.15, 0.2) is 0 Å². The van der Waals surface area contributed by atoms with Gasteiger partial charge in [0.1, 0.15) is 0 Å². The SMILES string of the molecule is C1=c2[nH]c3ccncc3c2=C2CCSC2C1. The number of nitrogens with zero attached hydrogens (tertiary/aromatic N) is 1. The van der Waals surface area contributed by atoms with Crippen LogP contribution >= 0.6 is 11.8 Å². The van der Waals surface area contributed by atoms with Gasteiger partial charge < -0.3 is 4.98 Å². The molecule has 2 aliphatic rings. The molecule has 0 spiro atoms. The van der Waals surface area contributed by atoms with Crippen molar-refractivity contribution in [3.05, 3.63) is 29.0 Å². The van der Waals surface area contributed by atoms with Gasteiger partial charge in [-0.15, -0.1) is 0 Å². The molecule has 1 aliphatic carbocycles. The van der Waals surface area contributed by atoms with E-state index in [-0.39, 0.29) is 0 Å². The van der Waals surface area contributed by atoms with Crippen LogP contribution in [0.2, 0.25) is 0 Å². The molecule has 2 nitrogen and oxygen atoms in total. The Kier molecular flexibility index (Phi) is 1.74. The quantitative estimate of drug-likeness (QED) is 0.738. The van der Waals surface area contributed by atoms with Crippen molar-refractivity contribution in [3.8, 4) is 0 Å². The summed E-state index contributed by atoms with van der Waals surface area (Å²) in [6.45, 7) is 0. The van der Waals surface area contributed by atoms with Crippen LogP contribution in [-0.4, -0.2) is 21.0 Å². The number of aromatic amines is 1. The number of nitrogens with one attached hydrogen (secondary N) is 1. The van der Waals surface area contributed by atoms with Gasteiger partial charge in [0.25, 0.3) is 0 Å². The summed E-state index contributed by atoms with van der Waals surface area (Å²) in [4.78, 5) is 7.76. The lowest BCUT2D eigenvalue weighted by Crippen LogP contribution is -2.31. The van der Waals surface area contributed by atoms with Gasteiger partial charge in [-0.2, -0.15) is 11.8 Å².